The summed E-state index contributed by atoms with van der Waals surface area (Å²) in [5.41, 5.74) is 6.63. The summed E-state index contributed by atoms with van der Waals surface area (Å²) in [6.07, 6.45) is 8.28. The Labute approximate surface area is 281 Å². The van der Waals surface area contributed by atoms with Crippen LogP contribution in [0.5, 0.6) is 11.5 Å². The normalized spacial score (nSPS) is 23.7. The molecule has 0 N–H and O–H groups in total. The highest BCUT2D eigenvalue weighted by molar-refractivity contribution is 6.00. The molecule has 5 aromatic carbocycles. The third kappa shape index (κ3) is 3.63. The number of ether oxygens (including phenoxy) is 2. The first kappa shape index (κ1) is 28.8. The molecule has 0 saturated heterocycles. The maximum atomic E-state index is 6.92. The van der Waals surface area contributed by atoms with Crippen molar-refractivity contribution in [2.24, 2.45) is 9.98 Å². The van der Waals surface area contributed by atoms with E-state index in [9.17, 15) is 0 Å². The molecular formula is C42H38N4O2. The van der Waals surface area contributed by atoms with Gasteiger partial charge in [0.25, 0.3) is 0 Å². The summed E-state index contributed by atoms with van der Waals surface area (Å²) in [4.78, 5) is 14.5. The smallest absolute Gasteiger partial charge is 0.228 e. The lowest BCUT2D eigenvalue weighted by atomic mass is 9.77. The van der Waals surface area contributed by atoms with Crippen molar-refractivity contribution in [2.45, 2.75) is 50.0 Å². The third-order valence-electron chi connectivity index (χ3n) is 11.4. The molecule has 0 saturated carbocycles. The number of anilines is 2. The summed E-state index contributed by atoms with van der Waals surface area (Å²) in [5, 5.41) is 2.26. The van der Waals surface area contributed by atoms with E-state index in [-0.39, 0.29) is 10.8 Å². The minimum Gasteiger partial charge on any atom is -0.459 e. The molecule has 0 amide bonds. The van der Waals surface area contributed by atoms with Gasteiger partial charge >= 0.3 is 0 Å². The number of benzene rings is 5. The Hall–Kier alpha value is -5.36. The molecule has 2 atom stereocenters. The minimum atomic E-state index is -0.746. The molecule has 0 bridgehead atoms. The van der Waals surface area contributed by atoms with Crippen LogP contribution < -0.4 is 19.3 Å². The zero-order chi connectivity index (χ0) is 33.1. The van der Waals surface area contributed by atoms with E-state index in [0.29, 0.717) is 0 Å². The summed E-state index contributed by atoms with van der Waals surface area (Å²) in [7, 11) is 4.20. The van der Waals surface area contributed by atoms with Gasteiger partial charge in [0.15, 0.2) is 0 Å². The Morgan fingerprint density at radius 1 is 0.583 bits per heavy atom. The number of hydrogen-bond donors (Lipinski definition) is 0. The van der Waals surface area contributed by atoms with Crippen LogP contribution in [0.4, 0.5) is 22.7 Å². The van der Waals surface area contributed by atoms with Crippen LogP contribution in [0.3, 0.4) is 0 Å². The van der Waals surface area contributed by atoms with Crippen molar-refractivity contribution in [1.82, 2.24) is 0 Å². The van der Waals surface area contributed by atoms with Crippen LogP contribution in [0.2, 0.25) is 0 Å². The maximum absolute atomic E-state index is 6.92. The Morgan fingerprint density at radius 2 is 1.19 bits per heavy atom. The number of nitrogens with zero attached hydrogens (tertiary/aromatic N) is 4. The van der Waals surface area contributed by atoms with Crippen molar-refractivity contribution in [1.29, 1.82) is 0 Å². The molecule has 6 heteroatoms. The molecule has 0 radical (unpaired) electrons. The lowest BCUT2D eigenvalue weighted by molar-refractivity contribution is 0.0824. The fraction of sp³-hybridized carbons (Fsp3) is 0.238. The van der Waals surface area contributed by atoms with Gasteiger partial charge in [0.1, 0.15) is 22.9 Å². The highest BCUT2D eigenvalue weighted by Crippen LogP contribution is 2.55. The van der Waals surface area contributed by atoms with E-state index in [1.54, 1.807) is 0 Å². The summed E-state index contributed by atoms with van der Waals surface area (Å²) in [6, 6.07) is 33.9. The Kier molecular flexibility index (Phi) is 5.77. The average molecular weight is 631 g/mol. The molecule has 4 aliphatic heterocycles. The first-order valence-electron chi connectivity index (χ1n) is 16.6. The SMILES string of the molecule is CN1c2ccccc2C(C)(C)C12C=Nc1cc(/C=C/c3ccc4c(c3)N(C)C3(C=Nc5c(ccc6ccccc56)O3)C4(C)C)ccc1O2. The van der Waals surface area contributed by atoms with Gasteiger partial charge in [0.2, 0.25) is 11.4 Å². The molecule has 2 unspecified atom stereocenters. The average Bonchev–Trinajstić information content (AvgIpc) is 3.36. The number of fused-ring (bicyclic) bond motifs is 6. The fourth-order valence-electron chi connectivity index (χ4n) is 8.39. The van der Waals surface area contributed by atoms with Crippen LogP contribution in [0.15, 0.2) is 107 Å². The zero-order valence-electron chi connectivity index (χ0n) is 28.2. The van der Waals surface area contributed by atoms with Crippen molar-refractivity contribution in [3.8, 4) is 11.5 Å². The second kappa shape index (κ2) is 9.60. The zero-order valence-corrected chi connectivity index (χ0v) is 28.2. The van der Waals surface area contributed by atoms with Gasteiger partial charge in [0, 0.05) is 30.9 Å². The molecule has 238 valence electrons. The van der Waals surface area contributed by atoms with Crippen LogP contribution in [-0.4, -0.2) is 38.0 Å². The quantitative estimate of drug-likeness (QED) is 0.182. The van der Waals surface area contributed by atoms with Gasteiger partial charge in [0.05, 0.1) is 23.3 Å². The van der Waals surface area contributed by atoms with E-state index in [2.05, 4.69) is 149 Å². The van der Waals surface area contributed by atoms with Gasteiger partial charge in [-0.1, -0.05) is 78.9 Å². The molecule has 0 aliphatic carbocycles. The van der Waals surface area contributed by atoms with Gasteiger partial charge in [-0.05, 0) is 85.7 Å². The van der Waals surface area contributed by atoms with Gasteiger partial charge in [-0.2, -0.15) is 0 Å². The molecule has 0 fully saturated rings. The molecular weight excluding hydrogens is 592 g/mol. The maximum Gasteiger partial charge on any atom is 0.228 e. The summed E-state index contributed by atoms with van der Waals surface area (Å²) >= 11 is 0. The monoisotopic (exact) mass is 630 g/mol. The second-order valence-electron chi connectivity index (χ2n) is 14.5. The van der Waals surface area contributed by atoms with Crippen molar-refractivity contribution >= 4 is 58.1 Å². The minimum absolute atomic E-state index is 0.279. The number of likely N-dealkylation sites (N-methyl/N-ethyl adjacent to an activating group) is 2. The van der Waals surface area contributed by atoms with Crippen LogP contribution in [0.25, 0.3) is 22.9 Å². The van der Waals surface area contributed by atoms with E-state index in [1.165, 1.54) is 16.8 Å². The van der Waals surface area contributed by atoms with E-state index in [4.69, 9.17) is 19.5 Å². The molecule has 48 heavy (non-hydrogen) atoms. The van der Waals surface area contributed by atoms with Crippen LogP contribution in [-0.2, 0) is 10.8 Å². The highest BCUT2D eigenvalue weighted by atomic mass is 16.5. The van der Waals surface area contributed by atoms with Gasteiger partial charge in [-0.3, -0.25) is 9.98 Å². The Morgan fingerprint density at radius 3 is 1.98 bits per heavy atom. The Balaban J connectivity index is 0.994. The molecule has 4 aliphatic rings. The van der Waals surface area contributed by atoms with Crippen LogP contribution in [0.1, 0.15) is 49.9 Å². The van der Waals surface area contributed by atoms with Crippen LogP contribution in [0, 0.1) is 0 Å². The lowest BCUT2D eigenvalue weighted by Gasteiger charge is -2.45. The lowest BCUT2D eigenvalue weighted by Crippen LogP contribution is -2.61. The van der Waals surface area contributed by atoms with Crippen LogP contribution >= 0.6 is 0 Å². The summed E-state index contributed by atoms with van der Waals surface area (Å²) in [5.74, 6) is 1.60. The molecule has 6 nitrogen and oxygen atoms in total. The number of aliphatic imine (C=N–C) groups is 2. The van der Waals surface area contributed by atoms with Crippen molar-refractivity contribution in [2.75, 3.05) is 23.9 Å². The topological polar surface area (TPSA) is 49.7 Å². The largest absolute Gasteiger partial charge is 0.459 e. The van der Waals surface area contributed by atoms with Gasteiger partial charge in [-0.25, -0.2) is 0 Å². The van der Waals surface area contributed by atoms with Crippen molar-refractivity contribution in [3.63, 3.8) is 0 Å². The van der Waals surface area contributed by atoms with Crippen molar-refractivity contribution < 1.29 is 9.47 Å². The first-order valence-corrected chi connectivity index (χ1v) is 16.6. The number of hydrogen-bond acceptors (Lipinski definition) is 6. The Bertz CT molecular complexity index is 2270. The van der Waals surface area contributed by atoms with Gasteiger partial charge < -0.3 is 19.3 Å². The van der Waals surface area contributed by atoms with E-state index >= 15 is 0 Å². The molecule has 5 aromatic rings. The summed E-state index contributed by atoms with van der Waals surface area (Å²) < 4.78 is 13.7. The molecule has 4 heterocycles. The molecule has 9 rings (SSSR count). The van der Waals surface area contributed by atoms with E-state index in [0.717, 1.165) is 50.5 Å². The third-order valence-corrected chi connectivity index (χ3v) is 11.4. The standard InChI is InChI=1S/C42H38N4O2/c1-39(2)31-13-9-10-14-34(31)45(5)41(39)25-43-33-23-27(18-21-36(33)47-41)15-16-28-17-20-32-35(24-28)46(6)42(40(32,3)4)26-44-38-30-12-8-7-11-29(30)19-22-37(38)48-42/h7-26H,1-6H3/b16-15+. The summed E-state index contributed by atoms with van der Waals surface area (Å²) in [6.45, 7) is 8.94. The number of para-hydroxylation sites is 1. The van der Waals surface area contributed by atoms with E-state index in [1.807, 2.05) is 24.6 Å². The van der Waals surface area contributed by atoms with E-state index < -0.39 is 11.4 Å². The molecule has 2 spiro atoms. The predicted molar refractivity (Wildman–Crippen MR) is 198 cm³/mol. The van der Waals surface area contributed by atoms with Gasteiger partial charge in [-0.15, -0.1) is 0 Å². The first-order chi connectivity index (χ1) is 23.1. The second-order valence-corrected chi connectivity index (χ2v) is 14.5. The highest BCUT2D eigenvalue weighted by Gasteiger charge is 2.59. The van der Waals surface area contributed by atoms with Crippen molar-refractivity contribution in [3.05, 3.63) is 119 Å². The molecule has 0 aromatic heterocycles. The predicted octanol–water partition coefficient (Wildman–Crippen LogP) is 9.45. The fourth-order valence-corrected chi connectivity index (χ4v) is 8.39. The number of rotatable bonds is 2.